The standard InChI is InChI=1S/C12H6ClF3N4OS/c13-8-3-6(12(14,15)16)5-19-9(8)7(4-17)10(21)20-11-18-1-2-22-11/h1-3,5,7H,(H,18,20,21). The molecule has 2 heterocycles. The number of pyridine rings is 1. The predicted octanol–water partition coefficient (Wildman–Crippen LogP) is 3.46. The first-order valence-electron chi connectivity index (χ1n) is 5.65. The van der Waals surface area contributed by atoms with Crippen LogP contribution in [0.25, 0.3) is 0 Å². The largest absolute Gasteiger partial charge is 0.417 e. The molecular formula is C12H6ClF3N4OS. The van der Waals surface area contributed by atoms with Crippen LogP contribution in [0.1, 0.15) is 17.2 Å². The van der Waals surface area contributed by atoms with E-state index >= 15 is 0 Å². The van der Waals surface area contributed by atoms with Gasteiger partial charge in [-0.2, -0.15) is 18.4 Å². The van der Waals surface area contributed by atoms with E-state index in [1.807, 2.05) is 0 Å². The lowest BCUT2D eigenvalue weighted by Gasteiger charge is -2.12. The number of nitrogens with zero attached hydrogens (tertiary/aromatic N) is 3. The first-order valence-corrected chi connectivity index (χ1v) is 6.91. The number of aromatic nitrogens is 2. The maximum Gasteiger partial charge on any atom is 0.417 e. The summed E-state index contributed by atoms with van der Waals surface area (Å²) in [6.07, 6.45) is -2.63. The Morgan fingerprint density at radius 1 is 1.45 bits per heavy atom. The third-order valence-electron chi connectivity index (χ3n) is 2.52. The number of alkyl halides is 3. The number of nitrogens with one attached hydrogen (secondary N) is 1. The highest BCUT2D eigenvalue weighted by Gasteiger charge is 2.33. The van der Waals surface area contributed by atoms with Gasteiger partial charge in [0.25, 0.3) is 0 Å². The molecule has 5 nitrogen and oxygen atoms in total. The van der Waals surface area contributed by atoms with Gasteiger partial charge in [0.2, 0.25) is 5.91 Å². The Kier molecular flexibility index (Phi) is 4.63. The van der Waals surface area contributed by atoms with Crippen LogP contribution in [0.3, 0.4) is 0 Å². The topological polar surface area (TPSA) is 78.7 Å². The fourth-order valence-electron chi connectivity index (χ4n) is 1.52. The fraction of sp³-hybridized carbons (Fsp3) is 0.167. The van der Waals surface area contributed by atoms with Crippen molar-refractivity contribution in [1.29, 1.82) is 5.26 Å². The van der Waals surface area contributed by atoms with Gasteiger partial charge < -0.3 is 5.32 Å². The first-order chi connectivity index (χ1) is 10.3. The number of nitriles is 1. The molecule has 1 N–H and O–H groups in total. The van der Waals surface area contributed by atoms with Gasteiger partial charge in [-0.05, 0) is 6.07 Å². The quantitative estimate of drug-likeness (QED) is 0.923. The van der Waals surface area contributed by atoms with Crippen LogP contribution < -0.4 is 5.32 Å². The first kappa shape index (κ1) is 16.2. The summed E-state index contributed by atoms with van der Waals surface area (Å²) in [5, 5.41) is 12.9. The van der Waals surface area contributed by atoms with Crippen molar-refractivity contribution < 1.29 is 18.0 Å². The molecule has 10 heteroatoms. The number of anilines is 1. The summed E-state index contributed by atoms with van der Waals surface area (Å²) in [5.74, 6) is -2.22. The van der Waals surface area contributed by atoms with Crippen LogP contribution in [0.4, 0.5) is 18.3 Å². The average Bonchev–Trinajstić information content (AvgIpc) is 2.93. The number of hydrogen-bond acceptors (Lipinski definition) is 5. The molecule has 0 fully saturated rings. The molecule has 2 rings (SSSR count). The molecular weight excluding hydrogens is 341 g/mol. The van der Waals surface area contributed by atoms with E-state index < -0.39 is 28.6 Å². The lowest BCUT2D eigenvalue weighted by molar-refractivity contribution is -0.137. The monoisotopic (exact) mass is 346 g/mol. The average molecular weight is 347 g/mol. The zero-order valence-corrected chi connectivity index (χ0v) is 12.1. The second kappa shape index (κ2) is 6.29. The summed E-state index contributed by atoms with van der Waals surface area (Å²) in [4.78, 5) is 19.3. The zero-order valence-electron chi connectivity index (χ0n) is 10.6. The van der Waals surface area contributed by atoms with Gasteiger partial charge in [0.05, 0.1) is 22.3 Å². The smallest absolute Gasteiger partial charge is 0.300 e. The number of hydrogen-bond donors (Lipinski definition) is 1. The van der Waals surface area contributed by atoms with Gasteiger partial charge >= 0.3 is 6.18 Å². The Labute approximate surface area is 131 Å². The summed E-state index contributed by atoms with van der Waals surface area (Å²) >= 11 is 6.86. The number of carbonyl (C=O) groups is 1. The summed E-state index contributed by atoms with van der Waals surface area (Å²) in [7, 11) is 0. The predicted molar refractivity (Wildman–Crippen MR) is 73.3 cm³/mol. The molecule has 1 unspecified atom stereocenters. The maximum atomic E-state index is 12.5. The van der Waals surface area contributed by atoms with Crippen LogP contribution in [0.2, 0.25) is 5.02 Å². The molecule has 0 aliphatic rings. The number of carbonyl (C=O) groups excluding carboxylic acids is 1. The minimum atomic E-state index is -4.61. The molecule has 0 radical (unpaired) electrons. The molecule has 0 bridgehead atoms. The Morgan fingerprint density at radius 2 is 2.18 bits per heavy atom. The molecule has 22 heavy (non-hydrogen) atoms. The van der Waals surface area contributed by atoms with Gasteiger partial charge in [-0.3, -0.25) is 9.78 Å². The van der Waals surface area contributed by atoms with Gasteiger partial charge in [-0.15, -0.1) is 11.3 Å². The van der Waals surface area contributed by atoms with E-state index in [2.05, 4.69) is 15.3 Å². The van der Waals surface area contributed by atoms with Gasteiger partial charge in [0.1, 0.15) is 0 Å². The third kappa shape index (κ3) is 3.52. The number of rotatable bonds is 3. The SMILES string of the molecule is N#CC(C(=O)Nc1nccs1)c1ncc(C(F)(F)F)cc1Cl. The molecule has 0 saturated heterocycles. The molecule has 1 atom stereocenters. The second-order valence-corrected chi connectivity index (χ2v) is 5.28. The number of amides is 1. The van der Waals surface area contributed by atoms with E-state index in [4.69, 9.17) is 16.9 Å². The van der Waals surface area contributed by atoms with Crippen LogP contribution in [-0.4, -0.2) is 15.9 Å². The van der Waals surface area contributed by atoms with Crippen molar-refractivity contribution in [3.8, 4) is 6.07 Å². The van der Waals surface area contributed by atoms with E-state index in [1.54, 1.807) is 11.4 Å². The molecule has 114 valence electrons. The van der Waals surface area contributed by atoms with Gasteiger partial charge in [0, 0.05) is 17.8 Å². The van der Waals surface area contributed by atoms with Crippen LogP contribution in [0.15, 0.2) is 23.8 Å². The molecule has 2 aromatic rings. The van der Waals surface area contributed by atoms with Crippen LogP contribution in [0, 0.1) is 11.3 Å². The Hall–Kier alpha value is -2.18. The highest BCUT2D eigenvalue weighted by atomic mass is 35.5. The third-order valence-corrected chi connectivity index (χ3v) is 3.52. The van der Waals surface area contributed by atoms with Gasteiger partial charge in [0.15, 0.2) is 11.0 Å². The van der Waals surface area contributed by atoms with E-state index in [9.17, 15) is 18.0 Å². The number of thiazole rings is 1. The van der Waals surface area contributed by atoms with Crippen molar-refractivity contribution in [2.75, 3.05) is 5.32 Å². The molecule has 1 amide bonds. The molecule has 0 spiro atoms. The summed E-state index contributed by atoms with van der Waals surface area (Å²) in [5.41, 5.74) is -1.30. The van der Waals surface area contributed by atoms with Crippen molar-refractivity contribution in [2.24, 2.45) is 0 Å². The lowest BCUT2D eigenvalue weighted by Crippen LogP contribution is -2.21. The Bertz CT molecular complexity index is 727. The van der Waals surface area contributed by atoms with Crippen LogP contribution >= 0.6 is 22.9 Å². The van der Waals surface area contributed by atoms with E-state index in [1.165, 1.54) is 6.20 Å². The molecule has 0 aliphatic carbocycles. The summed E-state index contributed by atoms with van der Waals surface area (Å²) in [6, 6.07) is 2.30. The number of halogens is 4. The Balaban J connectivity index is 2.28. The maximum absolute atomic E-state index is 12.5. The van der Waals surface area contributed by atoms with Crippen molar-refractivity contribution >= 4 is 34.0 Å². The minimum Gasteiger partial charge on any atom is -0.300 e. The van der Waals surface area contributed by atoms with E-state index in [-0.39, 0.29) is 10.8 Å². The Morgan fingerprint density at radius 3 is 2.68 bits per heavy atom. The molecule has 0 aliphatic heterocycles. The van der Waals surface area contributed by atoms with Crippen molar-refractivity contribution in [2.45, 2.75) is 12.1 Å². The van der Waals surface area contributed by atoms with E-state index in [0.717, 1.165) is 11.3 Å². The minimum absolute atomic E-state index is 0.244. The normalized spacial score (nSPS) is 12.5. The summed E-state index contributed by atoms with van der Waals surface area (Å²) < 4.78 is 37.6. The zero-order chi connectivity index (χ0) is 16.3. The van der Waals surface area contributed by atoms with Gasteiger partial charge in [-0.1, -0.05) is 11.6 Å². The van der Waals surface area contributed by atoms with Crippen molar-refractivity contribution in [1.82, 2.24) is 9.97 Å². The van der Waals surface area contributed by atoms with Gasteiger partial charge in [-0.25, -0.2) is 4.98 Å². The highest BCUT2D eigenvalue weighted by Crippen LogP contribution is 2.33. The van der Waals surface area contributed by atoms with Crippen molar-refractivity contribution in [3.05, 3.63) is 40.1 Å². The fourth-order valence-corrected chi connectivity index (χ4v) is 2.33. The molecule has 0 aromatic carbocycles. The molecule has 0 saturated carbocycles. The van der Waals surface area contributed by atoms with E-state index in [0.29, 0.717) is 12.3 Å². The molecule has 2 aromatic heterocycles. The highest BCUT2D eigenvalue weighted by molar-refractivity contribution is 7.13. The van der Waals surface area contributed by atoms with Crippen molar-refractivity contribution in [3.63, 3.8) is 0 Å². The van der Waals surface area contributed by atoms with Crippen LogP contribution in [0.5, 0.6) is 0 Å². The second-order valence-electron chi connectivity index (χ2n) is 3.98. The lowest BCUT2D eigenvalue weighted by atomic mass is 10.0. The summed E-state index contributed by atoms with van der Waals surface area (Å²) in [6.45, 7) is 0. The van der Waals surface area contributed by atoms with Crippen LogP contribution in [-0.2, 0) is 11.0 Å².